The van der Waals surface area contributed by atoms with E-state index in [2.05, 4.69) is 236 Å². The molecular formula is C64H46N4Si. The fourth-order valence-corrected chi connectivity index (χ4v) is 15.1. The van der Waals surface area contributed by atoms with E-state index in [9.17, 15) is 0 Å². The fraction of sp³-hybridized carbons (Fsp3) is 0.0156. The quantitative estimate of drug-likeness (QED) is 0.101. The van der Waals surface area contributed by atoms with Gasteiger partial charge in [-0.2, -0.15) is 0 Å². The topological polar surface area (TPSA) is 43.6 Å². The largest absolute Gasteiger partial charge is 0.309 e. The van der Waals surface area contributed by atoms with Crippen LogP contribution in [0.1, 0.15) is 5.56 Å². The first-order chi connectivity index (χ1) is 34.1. The summed E-state index contributed by atoms with van der Waals surface area (Å²) in [5.74, 6) is 1.86. The van der Waals surface area contributed by atoms with E-state index in [1.165, 1.54) is 48.2 Å². The van der Waals surface area contributed by atoms with Crippen molar-refractivity contribution in [2.75, 3.05) is 0 Å². The molecule has 326 valence electrons. The number of aromatic nitrogens is 4. The van der Waals surface area contributed by atoms with Crippen molar-refractivity contribution >= 4 is 50.6 Å². The molecule has 0 aliphatic rings. The lowest BCUT2D eigenvalue weighted by molar-refractivity contribution is 1.07. The maximum atomic E-state index is 5.32. The van der Waals surface area contributed by atoms with E-state index < -0.39 is 8.07 Å². The average molecular weight is 899 g/mol. The van der Waals surface area contributed by atoms with E-state index in [1.807, 2.05) is 36.4 Å². The minimum absolute atomic E-state index is 0.609. The summed E-state index contributed by atoms with van der Waals surface area (Å²) in [6.07, 6.45) is 0. The van der Waals surface area contributed by atoms with Gasteiger partial charge in [0.2, 0.25) is 0 Å². The van der Waals surface area contributed by atoms with Crippen molar-refractivity contribution in [3.05, 3.63) is 266 Å². The van der Waals surface area contributed by atoms with Crippen LogP contribution in [0, 0.1) is 6.92 Å². The van der Waals surface area contributed by atoms with E-state index in [-0.39, 0.29) is 0 Å². The third-order valence-electron chi connectivity index (χ3n) is 13.6. The van der Waals surface area contributed by atoms with Crippen LogP contribution in [0.25, 0.3) is 83.9 Å². The molecule has 69 heavy (non-hydrogen) atoms. The molecule has 0 amide bonds. The lowest BCUT2D eigenvalue weighted by atomic mass is 9.97. The number of para-hydroxylation sites is 1. The van der Waals surface area contributed by atoms with E-state index in [1.54, 1.807) is 0 Å². The number of hydrogen-bond acceptors (Lipinski definition) is 3. The third kappa shape index (κ3) is 7.46. The van der Waals surface area contributed by atoms with Crippen LogP contribution in [0.4, 0.5) is 0 Å². The number of nitrogens with zero attached hydrogens (tertiary/aromatic N) is 4. The van der Waals surface area contributed by atoms with Gasteiger partial charge in [-0.15, -0.1) is 0 Å². The Morgan fingerprint density at radius 2 is 0.783 bits per heavy atom. The molecule has 0 N–H and O–H groups in total. The summed E-state index contributed by atoms with van der Waals surface area (Å²) in [6.45, 7) is 2.19. The van der Waals surface area contributed by atoms with Crippen molar-refractivity contribution in [3.63, 3.8) is 0 Å². The molecular weight excluding hydrogens is 853 g/mol. The highest BCUT2D eigenvalue weighted by atomic mass is 28.3. The van der Waals surface area contributed by atoms with Gasteiger partial charge in [-0.05, 0) is 91.9 Å². The Balaban J connectivity index is 1.14. The van der Waals surface area contributed by atoms with E-state index in [0.29, 0.717) is 17.5 Å². The Kier molecular flexibility index (Phi) is 10.7. The molecule has 0 aliphatic carbocycles. The van der Waals surface area contributed by atoms with E-state index in [4.69, 9.17) is 15.0 Å². The molecule has 0 radical (unpaired) electrons. The SMILES string of the molecule is Cc1ccccc1-c1ccc2c(c1)c1ccccc1n2-c1ccc(-c2nc(-c3ccccc3)nc(-c3ccccc3)n2)c(-c2cccc([Si](c3ccccc3)(c3ccccc3)c3ccccc3)c2)c1. The van der Waals surface area contributed by atoms with Crippen LogP contribution in [0.15, 0.2) is 261 Å². The first-order valence-electron chi connectivity index (χ1n) is 23.5. The summed E-state index contributed by atoms with van der Waals surface area (Å²) < 4.78 is 2.42. The lowest BCUT2D eigenvalue weighted by Gasteiger charge is -2.34. The Hall–Kier alpha value is -8.77. The molecule has 0 saturated carbocycles. The van der Waals surface area contributed by atoms with Crippen LogP contribution in [0.3, 0.4) is 0 Å². The third-order valence-corrected chi connectivity index (χ3v) is 18.3. The number of hydrogen-bond donors (Lipinski definition) is 0. The highest BCUT2D eigenvalue weighted by Crippen LogP contribution is 2.39. The minimum atomic E-state index is -2.89. The molecule has 2 heterocycles. The highest BCUT2D eigenvalue weighted by Gasteiger charge is 2.41. The van der Waals surface area contributed by atoms with Gasteiger partial charge in [0.25, 0.3) is 0 Å². The second kappa shape index (κ2) is 17.8. The van der Waals surface area contributed by atoms with Gasteiger partial charge in [0, 0.05) is 33.2 Å². The van der Waals surface area contributed by atoms with Gasteiger partial charge in [-0.3, -0.25) is 0 Å². The summed E-state index contributed by atoms with van der Waals surface area (Å²) in [6, 6.07) is 94.2. The zero-order valence-corrected chi connectivity index (χ0v) is 39.1. The average Bonchev–Trinajstić information content (AvgIpc) is 3.76. The Labute approximate surface area is 403 Å². The van der Waals surface area contributed by atoms with Crippen LogP contribution in [0.5, 0.6) is 0 Å². The van der Waals surface area contributed by atoms with Gasteiger partial charge in [0.05, 0.1) is 11.0 Å². The normalized spacial score (nSPS) is 11.6. The number of aryl methyl sites for hydroxylation is 1. The lowest BCUT2D eigenvalue weighted by Crippen LogP contribution is -2.74. The number of rotatable bonds is 10. The van der Waals surface area contributed by atoms with Crippen molar-refractivity contribution < 1.29 is 0 Å². The van der Waals surface area contributed by atoms with Gasteiger partial charge in [0.1, 0.15) is 0 Å². The molecule has 0 saturated heterocycles. The Bertz CT molecular complexity index is 3620. The highest BCUT2D eigenvalue weighted by molar-refractivity contribution is 7.19. The van der Waals surface area contributed by atoms with Gasteiger partial charge in [-0.25, -0.2) is 15.0 Å². The molecule has 10 aromatic carbocycles. The van der Waals surface area contributed by atoms with Crippen LogP contribution < -0.4 is 20.7 Å². The molecule has 2 aromatic heterocycles. The van der Waals surface area contributed by atoms with Crippen molar-refractivity contribution in [1.29, 1.82) is 0 Å². The molecule has 0 fully saturated rings. The predicted molar refractivity (Wildman–Crippen MR) is 290 cm³/mol. The molecule has 12 rings (SSSR count). The molecule has 0 spiro atoms. The molecule has 4 nitrogen and oxygen atoms in total. The second-order valence-corrected chi connectivity index (χ2v) is 21.4. The number of fused-ring (bicyclic) bond motifs is 3. The van der Waals surface area contributed by atoms with E-state index in [0.717, 1.165) is 44.5 Å². The smallest absolute Gasteiger partial charge is 0.179 e. The van der Waals surface area contributed by atoms with Crippen LogP contribution in [-0.4, -0.2) is 27.6 Å². The first kappa shape index (κ1) is 41.6. The molecule has 0 unspecified atom stereocenters. The number of benzene rings is 10. The minimum Gasteiger partial charge on any atom is -0.309 e. The van der Waals surface area contributed by atoms with Crippen LogP contribution in [-0.2, 0) is 0 Å². The summed E-state index contributed by atoms with van der Waals surface area (Å²) in [5.41, 5.74) is 11.9. The second-order valence-electron chi connectivity index (χ2n) is 17.6. The summed E-state index contributed by atoms with van der Waals surface area (Å²) in [4.78, 5) is 15.7. The standard InChI is InChI=1S/C64H46N4Si/c1-45-22-17-18-35-55(45)49-38-41-61-59(43-49)56-36-19-20-37-60(56)68(61)50-39-40-57(64-66-62(46-23-7-2-8-24-46)65-63(67-64)47-25-9-3-10-26-47)58(44-50)48-27-21-34-54(42-48)69(51-28-11-4-12-29-51,52-30-13-5-14-31-52)53-32-15-6-16-33-53/h2-44H,1H3. The Morgan fingerprint density at radius 1 is 0.304 bits per heavy atom. The summed E-state index contributed by atoms with van der Waals surface area (Å²) in [5, 5.41) is 7.66. The van der Waals surface area contributed by atoms with Crippen LogP contribution >= 0.6 is 0 Å². The van der Waals surface area contributed by atoms with Crippen LogP contribution in [0.2, 0.25) is 0 Å². The predicted octanol–water partition coefficient (Wildman–Crippen LogP) is 13.0. The van der Waals surface area contributed by atoms with Crippen molar-refractivity contribution in [2.24, 2.45) is 0 Å². The molecule has 0 atom stereocenters. The molecule has 5 heteroatoms. The zero-order valence-electron chi connectivity index (χ0n) is 38.1. The Morgan fingerprint density at radius 3 is 1.39 bits per heavy atom. The van der Waals surface area contributed by atoms with Gasteiger partial charge >= 0.3 is 0 Å². The maximum absolute atomic E-state index is 5.32. The van der Waals surface area contributed by atoms with Gasteiger partial charge in [0.15, 0.2) is 25.5 Å². The molecule has 0 aliphatic heterocycles. The molecule has 12 aromatic rings. The van der Waals surface area contributed by atoms with E-state index >= 15 is 0 Å². The first-order valence-corrected chi connectivity index (χ1v) is 25.5. The zero-order chi connectivity index (χ0) is 46.2. The fourth-order valence-electron chi connectivity index (χ4n) is 10.3. The maximum Gasteiger partial charge on any atom is 0.179 e. The van der Waals surface area contributed by atoms with Gasteiger partial charge in [-0.1, -0.05) is 224 Å². The van der Waals surface area contributed by atoms with Gasteiger partial charge < -0.3 is 4.57 Å². The van der Waals surface area contributed by atoms with Crippen molar-refractivity contribution in [3.8, 4) is 62.1 Å². The molecule has 0 bridgehead atoms. The van der Waals surface area contributed by atoms with Crippen molar-refractivity contribution in [2.45, 2.75) is 6.92 Å². The van der Waals surface area contributed by atoms with Crippen molar-refractivity contribution in [1.82, 2.24) is 19.5 Å². The summed E-state index contributed by atoms with van der Waals surface area (Å²) >= 11 is 0. The summed E-state index contributed by atoms with van der Waals surface area (Å²) in [7, 11) is -2.89. The monoisotopic (exact) mass is 898 g/mol.